The Morgan fingerprint density at radius 1 is 1.00 bits per heavy atom. The lowest BCUT2D eigenvalue weighted by Crippen LogP contribution is -2.54. The molecule has 2 N–H and O–H groups in total. The fourth-order valence-electron chi connectivity index (χ4n) is 6.26. The van der Waals surface area contributed by atoms with Crippen molar-refractivity contribution in [3.63, 3.8) is 0 Å². The standard InChI is InChI=1S/C23H30ClN3O2S2/c24-19-5-1-15(2-6-19)20(21(25)28)26-7-9-27(10-8-26)22(29)16-13-17-3-4-18(14-16)23(17)30-11-12-31-23/h1-2,5-6,16-18,20H,3-4,7-14H2,(H2,25,28)/t16?,17-,18+,20-/m0/s1. The molecule has 2 aliphatic carbocycles. The molecule has 5 rings (SSSR count). The Hall–Kier alpha value is -0.890. The van der Waals surface area contributed by atoms with Crippen LogP contribution in [0.25, 0.3) is 0 Å². The number of amides is 2. The quantitative estimate of drug-likeness (QED) is 0.714. The second-order valence-electron chi connectivity index (χ2n) is 9.28. The van der Waals surface area contributed by atoms with E-state index in [2.05, 4.69) is 28.4 Å². The number of carbonyl (C=O) groups is 2. The average Bonchev–Trinajstić information content (AvgIpc) is 3.30. The summed E-state index contributed by atoms with van der Waals surface area (Å²) >= 11 is 10.4. The molecular formula is C23H30ClN3O2S2. The van der Waals surface area contributed by atoms with Crippen LogP contribution < -0.4 is 5.73 Å². The van der Waals surface area contributed by atoms with Crippen LogP contribution in [0.4, 0.5) is 0 Å². The molecule has 1 spiro atoms. The van der Waals surface area contributed by atoms with Gasteiger partial charge in [-0.3, -0.25) is 14.5 Å². The minimum Gasteiger partial charge on any atom is -0.368 e. The first-order valence-electron chi connectivity index (χ1n) is 11.3. The summed E-state index contributed by atoms with van der Waals surface area (Å²) in [6.07, 6.45) is 4.71. The first-order chi connectivity index (χ1) is 15.0. The summed E-state index contributed by atoms with van der Waals surface area (Å²) < 4.78 is 0.419. The highest BCUT2D eigenvalue weighted by atomic mass is 35.5. The molecule has 5 nitrogen and oxygen atoms in total. The van der Waals surface area contributed by atoms with E-state index in [-0.39, 0.29) is 11.8 Å². The number of carbonyl (C=O) groups excluding carboxylic acids is 2. The van der Waals surface area contributed by atoms with Crippen LogP contribution in [0.3, 0.4) is 0 Å². The second kappa shape index (κ2) is 8.81. The lowest BCUT2D eigenvalue weighted by molar-refractivity contribution is -0.140. The molecule has 2 bridgehead atoms. The molecule has 31 heavy (non-hydrogen) atoms. The fourth-order valence-corrected chi connectivity index (χ4v) is 10.3. The molecule has 2 saturated heterocycles. The molecule has 4 fully saturated rings. The van der Waals surface area contributed by atoms with Gasteiger partial charge in [-0.1, -0.05) is 23.7 Å². The summed E-state index contributed by atoms with van der Waals surface area (Å²) in [6.45, 7) is 2.65. The average molecular weight is 480 g/mol. The van der Waals surface area contributed by atoms with Crippen LogP contribution in [-0.4, -0.2) is 63.4 Å². The zero-order valence-electron chi connectivity index (χ0n) is 17.7. The third-order valence-electron chi connectivity index (χ3n) is 7.67. The molecule has 8 heteroatoms. The van der Waals surface area contributed by atoms with Gasteiger partial charge in [0.05, 0.1) is 4.08 Å². The smallest absolute Gasteiger partial charge is 0.239 e. The topological polar surface area (TPSA) is 66.6 Å². The van der Waals surface area contributed by atoms with Gasteiger partial charge in [0.15, 0.2) is 0 Å². The van der Waals surface area contributed by atoms with Gasteiger partial charge in [-0.15, -0.1) is 23.5 Å². The monoisotopic (exact) mass is 479 g/mol. The Morgan fingerprint density at radius 2 is 1.58 bits per heavy atom. The number of rotatable bonds is 4. The van der Waals surface area contributed by atoms with Crippen molar-refractivity contribution in [2.45, 2.75) is 35.8 Å². The molecule has 1 aromatic rings. The first kappa shape index (κ1) is 21.9. The summed E-state index contributed by atoms with van der Waals surface area (Å²) in [5.74, 6) is 4.09. The van der Waals surface area contributed by atoms with Crippen LogP contribution in [0.5, 0.6) is 0 Å². The highest BCUT2D eigenvalue weighted by Crippen LogP contribution is 2.66. The van der Waals surface area contributed by atoms with Crippen molar-refractivity contribution >= 4 is 46.9 Å². The van der Waals surface area contributed by atoms with E-state index in [1.807, 2.05) is 17.0 Å². The molecule has 0 radical (unpaired) electrons. The van der Waals surface area contributed by atoms with E-state index in [4.69, 9.17) is 17.3 Å². The predicted octanol–water partition coefficient (Wildman–Crippen LogP) is 3.62. The minimum atomic E-state index is -0.476. The molecule has 1 aromatic carbocycles. The number of primary amides is 1. The summed E-state index contributed by atoms with van der Waals surface area (Å²) in [7, 11) is 0. The largest absolute Gasteiger partial charge is 0.368 e. The van der Waals surface area contributed by atoms with Gasteiger partial charge in [0, 0.05) is 48.6 Å². The molecule has 2 aliphatic heterocycles. The number of halogens is 1. The maximum Gasteiger partial charge on any atom is 0.239 e. The van der Waals surface area contributed by atoms with E-state index in [0.717, 1.165) is 18.4 Å². The summed E-state index contributed by atoms with van der Waals surface area (Å²) in [5.41, 5.74) is 6.60. The number of thioether (sulfide) groups is 2. The maximum atomic E-state index is 13.4. The van der Waals surface area contributed by atoms with Crippen LogP contribution >= 0.6 is 35.1 Å². The lowest BCUT2D eigenvalue weighted by Gasteiger charge is -2.44. The van der Waals surface area contributed by atoms with E-state index in [1.165, 1.54) is 24.3 Å². The zero-order valence-corrected chi connectivity index (χ0v) is 20.1. The highest BCUT2D eigenvalue weighted by molar-refractivity contribution is 8.21. The molecule has 0 aromatic heterocycles. The molecule has 168 valence electrons. The summed E-state index contributed by atoms with van der Waals surface area (Å²) in [6, 6.07) is 6.83. The molecule has 1 unspecified atom stereocenters. The van der Waals surface area contributed by atoms with Crippen molar-refractivity contribution in [3.8, 4) is 0 Å². The third kappa shape index (κ3) is 4.00. The van der Waals surface area contributed by atoms with Crippen LogP contribution in [0, 0.1) is 17.8 Å². The zero-order chi connectivity index (χ0) is 21.6. The molecule has 2 heterocycles. The van der Waals surface area contributed by atoms with Gasteiger partial charge in [-0.25, -0.2) is 0 Å². The number of hydrogen-bond acceptors (Lipinski definition) is 5. The van der Waals surface area contributed by atoms with E-state index in [9.17, 15) is 9.59 Å². The molecule has 2 saturated carbocycles. The number of benzene rings is 1. The predicted molar refractivity (Wildman–Crippen MR) is 128 cm³/mol. The van der Waals surface area contributed by atoms with E-state index in [0.29, 0.717) is 53.0 Å². The molecule has 4 atom stereocenters. The number of nitrogens with zero attached hydrogens (tertiary/aromatic N) is 2. The summed E-state index contributed by atoms with van der Waals surface area (Å²) in [4.78, 5) is 29.7. The van der Waals surface area contributed by atoms with Crippen molar-refractivity contribution in [2.24, 2.45) is 23.5 Å². The maximum absolute atomic E-state index is 13.4. The Morgan fingerprint density at radius 3 is 2.13 bits per heavy atom. The van der Waals surface area contributed by atoms with Crippen molar-refractivity contribution < 1.29 is 9.59 Å². The number of nitrogens with two attached hydrogens (primary N) is 1. The molecule has 2 amide bonds. The van der Waals surface area contributed by atoms with Crippen LogP contribution in [0.1, 0.15) is 37.3 Å². The molecular weight excluding hydrogens is 450 g/mol. The Kier molecular flexibility index (Phi) is 6.23. The van der Waals surface area contributed by atoms with Crippen molar-refractivity contribution in [1.29, 1.82) is 0 Å². The molecule has 4 aliphatic rings. The van der Waals surface area contributed by atoms with Crippen LogP contribution in [0.2, 0.25) is 5.02 Å². The van der Waals surface area contributed by atoms with E-state index >= 15 is 0 Å². The fraction of sp³-hybridized carbons (Fsp3) is 0.652. The first-order valence-corrected chi connectivity index (χ1v) is 13.7. The van der Waals surface area contributed by atoms with Gasteiger partial charge >= 0.3 is 0 Å². The Bertz CT molecular complexity index is 822. The minimum absolute atomic E-state index is 0.180. The normalized spacial score (nSPS) is 31.1. The number of hydrogen-bond donors (Lipinski definition) is 1. The van der Waals surface area contributed by atoms with Crippen molar-refractivity contribution in [1.82, 2.24) is 9.80 Å². The van der Waals surface area contributed by atoms with Crippen LogP contribution in [-0.2, 0) is 9.59 Å². The van der Waals surface area contributed by atoms with E-state index < -0.39 is 6.04 Å². The van der Waals surface area contributed by atoms with Crippen LogP contribution in [0.15, 0.2) is 24.3 Å². The summed E-state index contributed by atoms with van der Waals surface area (Å²) in [5, 5.41) is 0.639. The Balaban J connectivity index is 1.21. The van der Waals surface area contributed by atoms with Gasteiger partial charge in [-0.2, -0.15) is 0 Å². The second-order valence-corrected chi connectivity index (χ2v) is 12.7. The number of piperazine rings is 1. The van der Waals surface area contributed by atoms with Gasteiger partial charge in [-0.05, 0) is 55.2 Å². The van der Waals surface area contributed by atoms with Gasteiger partial charge in [0.25, 0.3) is 0 Å². The lowest BCUT2D eigenvalue weighted by atomic mass is 9.79. The third-order valence-corrected chi connectivity index (χ3v) is 11.9. The van der Waals surface area contributed by atoms with Gasteiger partial charge < -0.3 is 10.6 Å². The van der Waals surface area contributed by atoms with E-state index in [1.54, 1.807) is 12.1 Å². The highest BCUT2D eigenvalue weighted by Gasteiger charge is 2.57. The van der Waals surface area contributed by atoms with Crippen molar-refractivity contribution in [2.75, 3.05) is 37.7 Å². The SMILES string of the molecule is NC(=O)[C@H](c1ccc(Cl)cc1)N1CCN(C(=O)C2C[C@H]3CC[C@@H](C2)C32SCCS2)CC1. The van der Waals surface area contributed by atoms with Gasteiger partial charge in [0.2, 0.25) is 11.8 Å². The van der Waals surface area contributed by atoms with Crippen molar-refractivity contribution in [3.05, 3.63) is 34.9 Å². The van der Waals surface area contributed by atoms with Gasteiger partial charge in [0.1, 0.15) is 6.04 Å². The Labute approximate surface area is 197 Å².